The lowest BCUT2D eigenvalue weighted by atomic mass is 10.2. The van der Waals surface area contributed by atoms with Crippen LogP contribution in [0, 0.1) is 0 Å². The van der Waals surface area contributed by atoms with Crippen molar-refractivity contribution in [1.29, 1.82) is 0 Å². The van der Waals surface area contributed by atoms with Crippen LogP contribution < -0.4 is 0 Å². The molecule has 1 fully saturated rings. The first kappa shape index (κ1) is 15.7. The summed E-state index contributed by atoms with van der Waals surface area (Å²) in [6.07, 6.45) is 4.89. The Morgan fingerprint density at radius 2 is 2.35 bits per heavy atom. The number of aromatic nitrogens is 3. The lowest BCUT2D eigenvalue weighted by Crippen LogP contribution is -2.38. The van der Waals surface area contributed by atoms with Crippen LogP contribution in [0.1, 0.15) is 36.7 Å². The molecule has 6 heteroatoms. The molecule has 0 saturated carbocycles. The molecule has 1 saturated heterocycles. The summed E-state index contributed by atoms with van der Waals surface area (Å²) in [6, 6.07) is 7.40. The number of hydrogen-bond donors (Lipinski definition) is 1. The van der Waals surface area contributed by atoms with Crippen LogP contribution in [0.15, 0.2) is 30.5 Å². The van der Waals surface area contributed by atoms with Gasteiger partial charge in [0.2, 0.25) is 0 Å². The average Bonchev–Trinajstić information content (AvgIpc) is 3.26. The SMILES string of the molecule is CCCN(C[C@H]1CCCO1)C(=O)c1cc(-c2ccccn2)n[nH]1. The van der Waals surface area contributed by atoms with Crippen LogP contribution in [0.3, 0.4) is 0 Å². The molecule has 122 valence electrons. The number of H-pyrrole nitrogens is 1. The van der Waals surface area contributed by atoms with E-state index in [4.69, 9.17) is 4.74 Å². The monoisotopic (exact) mass is 314 g/mol. The largest absolute Gasteiger partial charge is 0.376 e. The van der Waals surface area contributed by atoms with Crippen molar-refractivity contribution in [2.24, 2.45) is 0 Å². The Bertz CT molecular complexity index is 635. The average molecular weight is 314 g/mol. The van der Waals surface area contributed by atoms with Gasteiger partial charge in [0, 0.05) is 25.9 Å². The second kappa shape index (κ2) is 7.37. The molecule has 3 heterocycles. The lowest BCUT2D eigenvalue weighted by molar-refractivity contribution is 0.0522. The van der Waals surface area contributed by atoms with E-state index in [2.05, 4.69) is 22.1 Å². The molecule has 0 radical (unpaired) electrons. The van der Waals surface area contributed by atoms with E-state index in [0.29, 0.717) is 17.9 Å². The lowest BCUT2D eigenvalue weighted by Gasteiger charge is -2.24. The molecular weight excluding hydrogens is 292 g/mol. The van der Waals surface area contributed by atoms with E-state index in [1.165, 1.54) is 0 Å². The minimum atomic E-state index is -0.0305. The summed E-state index contributed by atoms with van der Waals surface area (Å²) in [7, 11) is 0. The van der Waals surface area contributed by atoms with Crippen LogP contribution >= 0.6 is 0 Å². The van der Waals surface area contributed by atoms with Crippen molar-refractivity contribution in [3.05, 3.63) is 36.2 Å². The Morgan fingerprint density at radius 3 is 3.04 bits per heavy atom. The van der Waals surface area contributed by atoms with Gasteiger partial charge in [0.05, 0.1) is 11.8 Å². The van der Waals surface area contributed by atoms with Crippen molar-refractivity contribution in [2.45, 2.75) is 32.3 Å². The van der Waals surface area contributed by atoms with Crippen molar-refractivity contribution in [2.75, 3.05) is 19.7 Å². The molecule has 23 heavy (non-hydrogen) atoms. The van der Waals surface area contributed by atoms with Gasteiger partial charge in [-0.2, -0.15) is 5.10 Å². The number of carbonyl (C=O) groups is 1. The molecule has 0 aromatic carbocycles. The summed E-state index contributed by atoms with van der Waals surface area (Å²) in [4.78, 5) is 18.9. The van der Waals surface area contributed by atoms with Crippen LogP contribution in [-0.4, -0.2) is 51.8 Å². The Labute approximate surface area is 135 Å². The van der Waals surface area contributed by atoms with Gasteiger partial charge in [0.1, 0.15) is 11.4 Å². The van der Waals surface area contributed by atoms with E-state index in [0.717, 1.165) is 38.1 Å². The highest BCUT2D eigenvalue weighted by Crippen LogP contribution is 2.18. The fourth-order valence-corrected chi connectivity index (χ4v) is 2.83. The molecule has 1 aliphatic heterocycles. The maximum atomic E-state index is 12.7. The van der Waals surface area contributed by atoms with Crippen molar-refractivity contribution >= 4 is 5.91 Å². The third-order valence-electron chi connectivity index (χ3n) is 3.96. The van der Waals surface area contributed by atoms with Gasteiger partial charge < -0.3 is 9.64 Å². The van der Waals surface area contributed by atoms with Gasteiger partial charge in [0.25, 0.3) is 5.91 Å². The maximum absolute atomic E-state index is 12.7. The normalized spacial score (nSPS) is 17.3. The summed E-state index contributed by atoms with van der Waals surface area (Å²) in [6.45, 7) is 4.23. The van der Waals surface area contributed by atoms with E-state index < -0.39 is 0 Å². The highest BCUT2D eigenvalue weighted by Gasteiger charge is 2.24. The molecule has 1 aliphatic rings. The summed E-state index contributed by atoms with van der Waals surface area (Å²) < 4.78 is 5.66. The quantitative estimate of drug-likeness (QED) is 0.889. The number of aromatic amines is 1. The molecule has 1 atom stereocenters. The van der Waals surface area contributed by atoms with E-state index in [9.17, 15) is 4.79 Å². The Hall–Kier alpha value is -2.21. The predicted molar refractivity (Wildman–Crippen MR) is 87.0 cm³/mol. The summed E-state index contributed by atoms with van der Waals surface area (Å²) >= 11 is 0. The van der Waals surface area contributed by atoms with Gasteiger partial charge in [-0.05, 0) is 37.5 Å². The molecule has 0 aliphatic carbocycles. The molecule has 1 N–H and O–H groups in total. The third kappa shape index (κ3) is 3.76. The third-order valence-corrected chi connectivity index (χ3v) is 3.96. The molecule has 2 aromatic heterocycles. The van der Waals surface area contributed by atoms with E-state index in [1.54, 1.807) is 12.3 Å². The van der Waals surface area contributed by atoms with Gasteiger partial charge >= 0.3 is 0 Å². The minimum absolute atomic E-state index is 0.0305. The molecule has 6 nitrogen and oxygen atoms in total. The molecule has 1 amide bonds. The topological polar surface area (TPSA) is 71.1 Å². The number of pyridine rings is 1. The van der Waals surface area contributed by atoms with E-state index >= 15 is 0 Å². The summed E-state index contributed by atoms with van der Waals surface area (Å²) in [5.41, 5.74) is 1.93. The van der Waals surface area contributed by atoms with Gasteiger partial charge in [0.15, 0.2) is 0 Å². The van der Waals surface area contributed by atoms with Crippen molar-refractivity contribution in [3.8, 4) is 11.4 Å². The first-order valence-electron chi connectivity index (χ1n) is 8.15. The van der Waals surface area contributed by atoms with Gasteiger partial charge in [-0.3, -0.25) is 14.9 Å². The number of ether oxygens (including phenoxy) is 1. The van der Waals surface area contributed by atoms with Crippen molar-refractivity contribution in [3.63, 3.8) is 0 Å². The smallest absolute Gasteiger partial charge is 0.271 e. The molecule has 0 bridgehead atoms. The molecule has 0 spiro atoms. The van der Waals surface area contributed by atoms with Gasteiger partial charge in [-0.15, -0.1) is 0 Å². The number of carbonyl (C=O) groups excluding carboxylic acids is 1. The zero-order valence-corrected chi connectivity index (χ0v) is 13.4. The van der Waals surface area contributed by atoms with Crippen LogP contribution in [-0.2, 0) is 4.74 Å². The molecule has 3 rings (SSSR count). The molecule has 2 aromatic rings. The summed E-state index contributed by atoms with van der Waals surface area (Å²) in [5, 5.41) is 7.06. The number of hydrogen-bond acceptors (Lipinski definition) is 4. The fraction of sp³-hybridized carbons (Fsp3) is 0.471. The number of nitrogens with one attached hydrogen (secondary N) is 1. The zero-order chi connectivity index (χ0) is 16.1. The van der Waals surface area contributed by atoms with E-state index in [1.807, 2.05) is 23.1 Å². The second-order valence-electron chi connectivity index (χ2n) is 5.77. The standard InChI is InChI=1S/C17H22N4O2/c1-2-9-21(12-13-6-5-10-23-13)17(22)16-11-15(19-20-16)14-7-3-4-8-18-14/h3-4,7-8,11,13H,2,5-6,9-10,12H2,1H3,(H,19,20)/t13-/m1/s1. The highest BCUT2D eigenvalue weighted by atomic mass is 16.5. The Kier molecular flexibility index (Phi) is 5.02. The van der Waals surface area contributed by atoms with Crippen molar-refractivity contribution < 1.29 is 9.53 Å². The maximum Gasteiger partial charge on any atom is 0.271 e. The molecular formula is C17H22N4O2. The fourth-order valence-electron chi connectivity index (χ4n) is 2.83. The number of nitrogens with zero attached hydrogens (tertiary/aromatic N) is 3. The zero-order valence-electron chi connectivity index (χ0n) is 13.4. The number of amides is 1. The first-order chi connectivity index (χ1) is 11.3. The first-order valence-corrected chi connectivity index (χ1v) is 8.15. The number of rotatable bonds is 6. The van der Waals surface area contributed by atoms with Gasteiger partial charge in [-0.1, -0.05) is 13.0 Å². The van der Waals surface area contributed by atoms with Crippen LogP contribution in [0.5, 0.6) is 0 Å². The predicted octanol–water partition coefficient (Wildman–Crippen LogP) is 2.50. The highest BCUT2D eigenvalue weighted by molar-refractivity contribution is 5.93. The van der Waals surface area contributed by atoms with Crippen molar-refractivity contribution in [1.82, 2.24) is 20.1 Å². The minimum Gasteiger partial charge on any atom is -0.376 e. The molecule has 0 unspecified atom stereocenters. The van der Waals surface area contributed by atoms with Crippen LogP contribution in [0.2, 0.25) is 0 Å². The Balaban J connectivity index is 1.73. The van der Waals surface area contributed by atoms with E-state index in [-0.39, 0.29) is 12.0 Å². The van der Waals surface area contributed by atoms with Crippen LogP contribution in [0.25, 0.3) is 11.4 Å². The van der Waals surface area contributed by atoms with Gasteiger partial charge in [-0.25, -0.2) is 0 Å². The Morgan fingerprint density at radius 1 is 1.43 bits per heavy atom. The second-order valence-corrected chi connectivity index (χ2v) is 5.77. The van der Waals surface area contributed by atoms with Crippen LogP contribution in [0.4, 0.5) is 0 Å². The summed E-state index contributed by atoms with van der Waals surface area (Å²) in [5.74, 6) is -0.0305.